The van der Waals surface area contributed by atoms with Gasteiger partial charge >= 0.3 is 5.97 Å². The molecule has 64 valence electrons. The summed E-state index contributed by atoms with van der Waals surface area (Å²) in [6, 6.07) is 3.28. The van der Waals surface area contributed by atoms with E-state index >= 15 is 0 Å². The van der Waals surface area contributed by atoms with Crippen molar-refractivity contribution in [1.82, 2.24) is 0 Å². The van der Waals surface area contributed by atoms with E-state index in [0.717, 1.165) is 12.2 Å². The smallest absolute Gasteiger partial charge is 0.336 e. The maximum atomic E-state index is 10.5. The molecule has 0 aliphatic rings. The van der Waals surface area contributed by atoms with Crippen molar-refractivity contribution in [3.05, 3.63) is 29.6 Å². The standard InChI is InChI=1S/C9H11NO2/c1-3-10-5-4-8(9(11)12)6-7(10)2/h4-6H,3H2,1-2H3/p+1. The molecule has 0 aliphatic heterocycles. The third-order valence-electron chi connectivity index (χ3n) is 1.84. The minimum atomic E-state index is -0.874. The second-order valence-electron chi connectivity index (χ2n) is 2.65. The first-order valence-corrected chi connectivity index (χ1v) is 3.88. The van der Waals surface area contributed by atoms with Gasteiger partial charge in [0, 0.05) is 19.1 Å². The van der Waals surface area contributed by atoms with Crippen LogP contribution in [-0.4, -0.2) is 11.1 Å². The Balaban J connectivity index is 3.10. The number of carboxylic acid groups (broad SMARTS) is 1. The number of aromatic carboxylic acids is 1. The van der Waals surface area contributed by atoms with Crippen molar-refractivity contribution >= 4 is 5.97 Å². The van der Waals surface area contributed by atoms with Crippen molar-refractivity contribution in [3.8, 4) is 0 Å². The largest absolute Gasteiger partial charge is 0.478 e. The van der Waals surface area contributed by atoms with Gasteiger partial charge in [-0.25, -0.2) is 9.36 Å². The number of rotatable bonds is 2. The molecule has 0 aromatic carbocycles. The molecular formula is C9H12NO2+. The Morgan fingerprint density at radius 3 is 2.75 bits per heavy atom. The predicted octanol–water partition coefficient (Wildman–Crippen LogP) is 1.00. The number of nitrogens with zero attached hydrogens (tertiary/aromatic N) is 1. The lowest BCUT2D eigenvalue weighted by molar-refractivity contribution is -0.699. The normalized spacial score (nSPS) is 9.83. The van der Waals surface area contributed by atoms with E-state index in [-0.39, 0.29) is 0 Å². The molecule has 3 heteroatoms. The van der Waals surface area contributed by atoms with Crippen LogP contribution >= 0.6 is 0 Å². The van der Waals surface area contributed by atoms with Gasteiger partial charge in [-0.3, -0.25) is 0 Å². The molecule has 1 rings (SSSR count). The van der Waals surface area contributed by atoms with Crippen molar-refractivity contribution in [2.45, 2.75) is 20.4 Å². The number of aryl methyl sites for hydroxylation is 2. The third kappa shape index (κ3) is 1.61. The lowest BCUT2D eigenvalue weighted by Gasteiger charge is -1.97. The van der Waals surface area contributed by atoms with Crippen molar-refractivity contribution in [1.29, 1.82) is 0 Å². The maximum absolute atomic E-state index is 10.5. The number of pyridine rings is 1. The van der Waals surface area contributed by atoms with Crippen LogP contribution < -0.4 is 4.57 Å². The van der Waals surface area contributed by atoms with E-state index < -0.39 is 5.97 Å². The van der Waals surface area contributed by atoms with E-state index in [1.807, 2.05) is 18.4 Å². The zero-order valence-electron chi connectivity index (χ0n) is 7.24. The summed E-state index contributed by atoms with van der Waals surface area (Å²) in [5.74, 6) is -0.874. The average Bonchev–Trinajstić information content (AvgIpc) is 2.04. The molecular weight excluding hydrogens is 154 g/mol. The Hall–Kier alpha value is -1.38. The third-order valence-corrected chi connectivity index (χ3v) is 1.84. The number of carbonyl (C=O) groups is 1. The molecule has 1 heterocycles. The molecule has 0 radical (unpaired) electrons. The summed E-state index contributed by atoms with van der Waals surface area (Å²) in [6.07, 6.45) is 1.79. The fourth-order valence-electron chi connectivity index (χ4n) is 1.13. The van der Waals surface area contributed by atoms with Gasteiger partial charge in [0.15, 0.2) is 11.9 Å². The molecule has 0 amide bonds. The minimum Gasteiger partial charge on any atom is -0.478 e. The van der Waals surface area contributed by atoms with Gasteiger partial charge in [-0.2, -0.15) is 0 Å². The average molecular weight is 166 g/mol. The van der Waals surface area contributed by atoms with Gasteiger partial charge in [-0.15, -0.1) is 0 Å². The van der Waals surface area contributed by atoms with E-state index in [4.69, 9.17) is 5.11 Å². The molecule has 0 saturated heterocycles. The van der Waals surface area contributed by atoms with Gasteiger partial charge < -0.3 is 5.11 Å². The molecule has 0 aliphatic carbocycles. The summed E-state index contributed by atoms with van der Waals surface area (Å²) < 4.78 is 1.99. The van der Waals surface area contributed by atoms with Crippen LogP contribution in [0, 0.1) is 6.92 Å². The lowest BCUT2D eigenvalue weighted by atomic mass is 10.2. The second-order valence-corrected chi connectivity index (χ2v) is 2.65. The molecule has 1 aromatic rings. The minimum absolute atomic E-state index is 0.345. The molecule has 0 fully saturated rings. The van der Waals surface area contributed by atoms with Gasteiger partial charge in [0.05, 0.1) is 5.56 Å². The number of carboxylic acids is 1. The zero-order chi connectivity index (χ0) is 9.14. The molecule has 0 spiro atoms. The highest BCUT2D eigenvalue weighted by atomic mass is 16.4. The second kappa shape index (κ2) is 3.34. The Kier molecular flexibility index (Phi) is 2.43. The summed E-state index contributed by atoms with van der Waals surface area (Å²) in [4.78, 5) is 10.5. The number of aromatic nitrogens is 1. The summed E-state index contributed by atoms with van der Waals surface area (Å²) in [7, 11) is 0. The van der Waals surface area contributed by atoms with E-state index in [2.05, 4.69) is 0 Å². The SMILES string of the molecule is CC[n+]1ccc(C(=O)O)cc1C. The zero-order valence-corrected chi connectivity index (χ0v) is 7.24. The molecule has 0 saturated carbocycles. The van der Waals surface area contributed by atoms with Crippen LogP contribution in [0.3, 0.4) is 0 Å². The van der Waals surface area contributed by atoms with Gasteiger partial charge in [0.25, 0.3) is 0 Å². The Morgan fingerprint density at radius 2 is 2.33 bits per heavy atom. The van der Waals surface area contributed by atoms with Crippen LogP contribution in [0.2, 0.25) is 0 Å². The van der Waals surface area contributed by atoms with Crippen LogP contribution in [0.1, 0.15) is 23.0 Å². The first-order valence-electron chi connectivity index (χ1n) is 3.88. The highest BCUT2D eigenvalue weighted by Gasteiger charge is 2.08. The predicted molar refractivity (Wildman–Crippen MR) is 44.0 cm³/mol. The first kappa shape index (κ1) is 8.71. The fourth-order valence-corrected chi connectivity index (χ4v) is 1.13. The molecule has 12 heavy (non-hydrogen) atoms. The quantitative estimate of drug-likeness (QED) is 0.666. The molecule has 3 nitrogen and oxygen atoms in total. The fraction of sp³-hybridized carbons (Fsp3) is 0.333. The summed E-state index contributed by atoms with van der Waals surface area (Å²) >= 11 is 0. The van der Waals surface area contributed by atoms with Crippen molar-refractivity contribution in [3.63, 3.8) is 0 Å². The Labute approximate surface area is 71.3 Å². The molecule has 0 bridgehead atoms. The van der Waals surface area contributed by atoms with Gasteiger partial charge in [-0.05, 0) is 6.92 Å². The van der Waals surface area contributed by atoms with Gasteiger partial charge in [-0.1, -0.05) is 0 Å². The van der Waals surface area contributed by atoms with Crippen molar-refractivity contribution in [2.24, 2.45) is 0 Å². The van der Waals surface area contributed by atoms with Gasteiger partial charge in [0.2, 0.25) is 0 Å². The summed E-state index contributed by atoms with van der Waals surface area (Å²) in [6.45, 7) is 4.79. The monoisotopic (exact) mass is 166 g/mol. The van der Waals surface area contributed by atoms with E-state index in [1.54, 1.807) is 18.3 Å². The topological polar surface area (TPSA) is 41.2 Å². The van der Waals surface area contributed by atoms with Crippen molar-refractivity contribution < 1.29 is 14.5 Å². The van der Waals surface area contributed by atoms with Crippen LogP contribution in [0.25, 0.3) is 0 Å². The highest BCUT2D eigenvalue weighted by Crippen LogP contribution is 1.98. The summed E-state index contributed by atoms with van der Waals surface area (Å²) in [5, 5.41) is 8.66. The van der Waals surface area contributed by atoms with Crippen LogP contribution in [0.15, 0.2) is 18.3 Å². The maximum Gasteiger partial charge on any atom is 0.336 e. The highest BCUT2D eigenvalue weighted by molar-refractivity contribution is 5.87. The molecule has 1 N–H and O–H groups in total. The lowest BCUT2D eigenvalue weighted by Crippen LogP contribution is -2.35. The van der Waals surface area contributed by atoms with Crippen LogP contribution in [0.5, 0.6) is 0 Å². The Morgan fingerprint density at radius 1 is 1.67 bits per heavy atom. The first-order chi connectivity index (χ1) is 5.65. The molecule has 0 unspecified atom stereocenters. The van der Waals surface area contributed by atoms with Crippen molar-refractivity contribution in [2.75, 3.05) is 0 Å². The number of hydrogen-bond donors (Lipinski definition) is 1. The van der Waals surface area contributed by atoms with E-state index in [9.17, 15) is 4.79 Å². The van der Waals surface area contributed by atoms with Crippen LogP contribution in [0.4, 0.5) is 0 Å². The van der Waals surface area contributed by atoms with Gasteiger partial charge in [0.1, 0.15) is 6.54 Å². The molecule has 1 aromatic heterocycles. The van der Waals surface area contributed by atoms with E-state index in [0.29, 0.717) is 5.56 Å². The molecule has 0 atom stereocenters. The van der Waals surface area contributed by atoms with E-state index in [1.165, 1.54) is 0 Å². The Bertz CT molecular complexity index is 307. The van der Waals surface area contributed by atoms with Crippen LogP contribution in [-0.2, 0) is 6.54 Å². The number of hydrogen-bond acceptors (Lipinski definition) is 1. The summed E-state index contributed by atoms with van der Waals surface area (Å²) in [5.41, 5.74) is 1.31.